The summed E-state index contributed by atoms with van der Waals surface area (Å²) in [4.78, 5) is 16.7. The first kappa shape index (κ1) is 22.6. The molecule has 0 bridgehead atoms. The Kier molecular flexibility index (Phi) is 8.66. The van der Waals surface area contributed by atoms with Crippen molar-refractivity contribution in [2.75, 3.05) is 12.4 Å². The zero-order valence-corrected chi connectivity index (χ0v) is 19.9. The Bertz CT molecular complexity index is 934. The van der Waals surface area contributed by atoms with Crippen molar-refractivity contribution in [3.8, 4) is 0 Å². The third kappa shape index (κ3) is 6.43. The van der Waals surface area contributed by atoms with Gasteiger partial charge >= 0.3 is 51.4 Å². The minimum Gasteiger partial charge on any atom is -0.560 e. The molecule has 6 heteroatoms. The molecule has 0 aromatic heterocycles. The standard InChI is InChI=1S/C22H23N4O.K/c1-16-6-4-8-19(12-16)22(27)25-20-9-5-7-18(13-20)17(2)23-10-11-24-21-14-26(3)15-21;/h4-9,11-15,17,23H,1-3H3,(H,25,27);/q-1;+1. The van der Waals surface area contributed by atoms with Crippen molar-refractivity contribution >= 4 is 23.5 Å². The molecular formula is C22H23KN4O. The molecule has 28 heavy (non-hydrogen) atoms. The Balaban J connectivity index is 0.00000280. The van der Waals surface area contributed by atoms with Crippen LogP contribution in [-0.2, 0) is 0 Å². The zero-order chi connectivity index (χ0) is 19.2. The molecule has 1 aliphatic heterocycles. The van der Waals surface area contributed by atoms with Gasteiger partial charge in [0, 0.05) is 17.3 Å². The van der Waals surface area contributed by atoms with E-state index in [4.69, 9.17) is 0 Å². The summed E-state index contributed by atoms with van der Waals surface area (Å²) in [5.74, 6) is -0.114. The van der Waals surface area contributed by atoms with Crippen LogP contribution in [0.2, 0.25) is 0 Å². The van der Waals surface area contributed by atoms with E-state index in [9.17, 15) is 4.79 Å². The first-order valence-electron chi connectivity index (χ1n) is 8.81. The van der Waals surface area contributed by atoms with Crippen LogP contribution in [0.3, 0.4) is 0 Å². The van der Waals surface area contributed by atoms with Crippen molar-refractivity contribution in [2.45, 2.75) is 19.9 Å². The van der Waals surface area contributed by atoms with Gasteiger partial charge in [-0.15, -0.1) is 6.20 Å². The van der Waals surface area contributed by atoms with Crippen LogP contribution in [0, 0.1) is 19.7 Å². The van der Waals surface area contributed by atoms with Crippen LogP contribution in [0.4, 0.5) is 5.69 Å². The van der Waals surface area contributed by atoms with Gasteiger partial charge in [0.2, 0.25) is 0 Å². The normalized spacial score (nSPS) is 15.1. The number of aryl methyl sites for hydroxylation is 1. The molecule has 3 rings (SSSR count). The van der Waals surface area contributed by atoms with E-state index in [-0.39, 0.29) is 63.3 Å². The van der Waals surface area contributed by atoms with Gasteiger partial charge in [0.15, 0.2) is 0 Å². The number of aliphatic imine (C=N–C) groups is 1. The number of rotatable bonds is 6. The minimum absolute atomic E-state index is 0. The van der Waals surface area contributed by atoms with Crippen LogP contribution in [-0.4, -0.2) is 29.5 Å². The quantitative estimate of drug-likeness (QED) is 0.322. The molecule has 138 valence electrons. The van der Waals surface area contributed by atoms with E-state index >= 15 is 0 Å². The topological polar surface area (TPSA) is 56.5 Å². The zero-order valence-electron chi connectivity index (χ0n) is 16.7. The summed E-state index contributed by atoms with van der Waals surface area (Å²) in [6, 6.07) is 15.4. The molecule has 5 nitrogen and oxygen atoms in total. The van der Waals surface area contributed by atoms with Crippen molar-refractivity contribution in [1.82, 2.24) is 5.32 Å². The largest absolute Gasteiger partial charge is 1.00 e. The van der Waals surface area contributed by atoms with Gasteiger partial charge in [-0.1, -0.05) is 29.8 Å². The fraction of sp³-hybridized carbons (Fsp3) is 0.182. The maximum absolute atomic E-state index is 12.4. The molecule has 2 aromatic carbocycles. The maximum atomic E-state index is 12.4. The fourth-order valence-electron chi connectivity index (χ4n) is 2.70. The molecule has 1 amide bonds. The Morgan fingerprint density at radius 1 is 1.25 bits per heavy atom. The number of carbonyl (C=O) groups excluding carboxylic acids is 1. The van der Waals surface area contributed by atoms with Gasteiger partial charge in [-0.05, 0) is 43.7 Å². The first-order valence-corrected chi connectivity index (χ1v) is 8.81. The third-order valence-electron chi connectivity index (χ3n) is 4.17. The predicted octanol–water partition coefficient (Wildman–Crippen LogP) is 0.506. The Morgan fingerprint density at radius 2 is 2.00 bits per heavy atom. The van der Waals surface area contributed by atoms with E-state index in [0.717, 1.165) is 22.5 Å². The summed E-state index contributed by atoms with van der Waals surface area (Å²) in [5, 5.41) is 6.12. The van der Waals surface area contributed by atoms with Crippen molar-refractivity contribution < 1.29 is 60.8 Å². The maximum Gasteiger partial charge on any atom is 1.00 e. The monoisotopic (exact) mass is 398 g/mol. The molecule has 0 aliphatic carbocycles. The molecule has 0 saturated carbocycles. The van der Waals surface area contributed by atoms with Crippen LogP contribution >= 0.6 is 0 Å². The second-order valence-corrected chi connectivity index (χ2v) is 6.57. The Labute approximate surface area is 209 Å². The van der Waals surface area contributed by atoms with Gasteiger partial charge in [-0.3, -0.25) is 4.79 Å². The number of hydrogen-bond donors (Lipinski definition) is 2. The Morgan fingerprint density at radius 3 is 2.71 bits per heavy atom. The minimum atomic E-state index is -0.114. The number of hydrogen-bond acceptors (Lipinski definition) is 3. The smallest absolute Gasteiger partial charge is 0.560 e. The molecular weight excluding hydrogens is 375 g/mol. The van der Waals surface area contributed by atoms with Crippen molar-refractivity contribution in [3.63, 3.8) is 0 Å². The molecule has 0 fully saturated rings. The Hall–Kier alpha value is -1.70. The van der Waals surface area contributed by atoms with Crippen molar-refractivity contribution in [1.29, 1.82) is 0 Å². The van der Waals surface area contributed by atoms with Gasteiger partial charge in [-0.2, -0.15) is 0 Å². The van der Waals surface area contributed by atoms with Crippen LogP contribution in [0.25, 0.3) is 0 Å². The van der Waals surface area contributed by atoms with E-state index in [1.165, 1.54) is 0 Å². The van der Waals surface area contributed by atoms with Gasteiger partial charge in [0.25, 0.3) is 5.91 Å². The van der Waals surface area contributed by atoms with E-state index in [1.807, 2.05) is 86.8 Å². The third-order valence-corrected chi connectivity index (χ3v) is 4.17. The number of amides is 1. The van der Waals surface area contributed by atoms with Gasteiger partial charge in [0.1, 0.15) is 7.05 Å². The molecule has 0 saturated heterocycles. The fourth-order valence-corrected chi connectivity index (χ4v) is 2.70. The summed E-state index contributed by atoms with van der Waals surface area (Å²) < 4.78 is 1.94. The van der Waals surface area contributed by atoms with Crippen molar-refractivity contribution in [2.24, 2.45) is 4.99 Å². The number of nitrogens with one attached hydrogen (secondary N) is 2. The van der Waals surface area contributed by atoms with E-state index in [2.05, 4.69) is 21.8 Å². The average Bonchev–Trinajstić information content (AvgIpc) is 2.63. The van der Waals surface area contributed by atoms with Crippen molar-refractivity contribution in [3.05, 3.63) is 84.2 Å². The summed E-state index contributed by atoms with van der Waals surface area (Å²) in [7, 11) is 1.96. The molecule has 1 aliphatic rings. The molecule has 0 radical (unpaired) electrons. The molecule has 2 aromatic rings. The summed E-state index contributed by atoms with van der Waals surface area (Å²) in [5.41, 5.74) is 4.44. The van der Waals surface area contributed by atoms with Crippen LogP contribution in [0.15, 0.2) is 59.7 Å². The summed E-state index contributed by atoms with van der Waals surface area (Å²) >= 11 is 0. The van der Waals surface area contributed by atoms with E-state index in [1.54, 1.807) is 6.20 Å². The molecule has 0 spiro atoms. The van der Waals surface area contributed by atoms with Gasteiger partial charge < -0.3 is 26.4 Å². The van der Waals surface area contributed by atoms with Gasteiger partial charge in [0.05, 0.1) is 18.5 Å². The number of carbonyl (C=O) groups is 1. The van der Waals surface area contributed by atoms with Crippen LogP contribution in [0.5, 0.6) is 0 Å². The van der Waals surface area contributed by atoms with E-state index in [0.29, 0.717) is 5.56 Å². The molecule has 2 N–H and O–H groups in total. The molecule has 1 atom stereocenters. The number of nitrogens with zero attached hydrogens (tertiary/aromatic N) is 2. The predicted molar refractivity (Wildman–Crippen MR) is 109 cm³/mol. The number of benzene rings is 2. The SMILES string of the molecule is Cc1cccc(C(=O)Nc2cccc(C(C)N[C-]=CN=C3C=[N+](C)[CH-]3)c2)c1.[K+]. The molecule has 1 unspecified atom stereocenters. The second kappa shape index (κ2) is 10.7. The second-order valence-electron chi connectivity index (χ2n) is 6.57. The number of anilines is 1. The summed E-state index contributed by atoms with van der Waals surface area (Å²) in [6.07, 6.45) is 6.53. The van der Waals surface area contributed by atoms with Crippen LogP contribution < -0.4 is 62.0 Å². The molecule has 1 heterocycles. The van der Waals surface area contributed by atoms with Crippen LogP contribution in [0.1, 0.15) is 34.5 Å². The van der Waals surface area contributed by atoms with E-state index < -0.39 is 0 Å². The summed E-state index contributed by atoms with van der Waals surface area (Å²) in [6.45, 7) is 5.94. The average molecular weight is 399 g/mol. The van der Waals surface area contributed by atoms with Gasteiger partial charge in [-0.25, -0.2) is 0 Å². The first-order chi connectivity index (χ1) is 13.0.